The SMILES string of the molecule is NC(=NCCc1cc(F)ccc1F)Nc1ccc2c(c1)CCC2. The van der Waals surface area contributed by atoms with Gasteiger partial charge in [0.1, 0.15) is 11.6 Å². The lowest BCUT2D eigenvalue weighted by Gasteiger charge is -2.08. The number of aliphatic imine (C=N–C) groups is 1. The molecule has 120 valence electrons. The van der Waals surface area contributed by atoms with E-state index in [1.54, 1.807) is 0 Å². The lowest BCUT2D eigenvalue weighted by Crippen LogP contribution is -2.23. The molecule has 0 heterocycles. The Bertz CT molecular complexity index is 741. The summed E-state index contributed by atoms with van der Waals surface area (Å²) in [6, 6.07) is 9.61. The predicted octanol–water partition coefficient (Wildman–Crippen LogP) is 3.42. The van der Waals surface area contributed by atoms with E-state index in [4.69, 9.17) is 5.73 Å². The Morgan fingerprint density at radius 3 is 2.78 bits per heavy atom. The Hall–Kier alpha value is -2.43. The zero-order chi connectivity index (χ0) is 16.2. The van der Waals surface area contributed by atoms with Crippen LogP contribution in [-0.4, -0.2) is 12.5 Å². The van der Waals surface area contributed by atoms with Crippen molar-refractivity contribution in [1.82, 2.24) is 0 Å². The highest BCUT2D eigenvalue weighted by atomic mass is 19.1. The minimum atomic E-state index is -0.449. The minimum absolute atomic E-state index is 0.278. The van der Waals surface area contributed by atoms with Crippen LogP contribution in [0.1, 0.15) is 23.1 Å². The molecule has 0 atom stereocenters. The molecule has 0 unspecified atom stereocenters. The fraction of sp³-hybridized carbons (Fsp3) is 0.278. The molecule has 0 bridgehead atoms. The zero-order valence-corrected chi connectivity index (χ0v) is 12.8. The Labute approximate surface area is 134 Å². The van der Waals surface area contributed by atoms with E-state index in [1.165, 1.54) is 23.6 Å². The van der Waals surface area contributed by atoms with Gasteiger partial charge >= 0.3 is 0 Å². The Morgan fingerprint density at radius 1 is 1.09 bits per heavy atom. The molecule has 3 rings (SSSR count). The van der Waals surface area contributed by atoms with Crippen LogP contribution in [0.2, 0.25) is 0 Å². The molecule has 2 aromatic carbocycles. The molecular formula is C18H19F2N3. The Balaban J connectivity index is 1.58. The summed E-state index contributed by atoms with van der Waals surface area (Å²) in [5.41, 5.74) is 9.81. The highest BCUT2D eigenvalue weighted by Crippen LogP contribution is 2.24. The number of anilines is 1. The predicted molar refractivity (Wildman–Crippen MR) is 88.6 cm³/mol. The lowest BCUT2D eigenvalue weighted by molar-refractivity contribution is 0.585. The summed E-state index contributed by atoms with van der Waals surface area (Å²) in [6.45, 7) is 0.296. The van der Waals surface area contributed by atoms with E-state index in [0.717, 1.165) is 30.7 Å². The molecule has 23 heavy (non-hydrogen) atoms. The number of hydrogen-bond acceptors (Lipinski definition) is 1. The van der Waals surface area contributed by atoms with Gasteiger partial charge in [0.05, 0.1) is 0 Å². The second-order valence-corrected chi connectivity index (χ2v) is 5.71. The average Bonchev–Trinajstić information content (AvgIpc) is 2.98. The van der Waals surface area contributed by atoms with Gasteiger partial charge in [0.25, 0.3) is 0 Å². The summed E-state index contributed by atoms with van der Waals surface area (Å²) >= 11 is 0. The number of aryl methyl sites for hydroxylation is 2. The first-order chi connectivity index (χ1) is 11.1. The van der Waals surface area contributed by atoms with Gasteiger partial charge in [-0.1, -0.05) is 6.07 Å². The molecule has 0 radical (unpaired) electrons. The minimum Gasteiger partial charge on any atom is -0.370 e. The van der Waals surface area contributed by atoms with E-state index in [-0.39, 0.29) is 5.96 Å². The van der Waals surface area contributed by atoms with Crippen molar-refractivity contribution in [2.24, 2.45) is 10.7 Å². The first-order valence-electron chi connectivity index (χ1n) is 7.74. The largest absolute Gasteiger partial charge is 0.370 e. The van der Waals surface area contributed by atoms with Crippen LogP contribution < -0.4 is 11.1 Å². The maximum atomic E-state index is 13.5. The second-order valence-electron chi connectivity index (χ2n) is 5.71. The summed E-state index contributed by atoms with van der Waals surface area (Å²) in [7, 11) is 0. The van der Waals surface area contributed by atoms with Crippen LogP contribution in [0.15, 0.2) is 41.4 Å². The molecule has 0 aromatic heterocycles. The van der Waals surface area contributed by atoms with Crippen LogP contribution in [-0.2, 0) is 19.3 Å². The smallest absolute Gasteiger partial charge is 0.193 e. The third-order valence-electron chi connectivity index (χ3n) is 4.04. The number of benzene rings is 2. The van der Waals surface area contributed by atoms with Crippen LogP contribution in [0, 0.1) is 11.6 Å². The highest BCUT2D eigenvalue weighted by molar-refractivity contribution is 5.92. The quantitative estimate of drug-likeness (QED) is 0.671. The molecule has 1 aliphatic carbocycles. The van der Waals surface area contributed by atoms with Gasteiger partial charge in [0.15, 0.2) is 5.96 Å². The van der Waals surface area contributed by atoms with E-state index in [0.29, 0.717) is 18.5 Å². The molecule has 2 aromatic rings. The molecule has 1 aliphatic rings. The maximum absolute atomic E-state index is 13.5. The van der Waals surface area contributed by atoms with Gasteiger partial charge in [-0.05, 0) is 72.7 Å². The monoisotopic (exact) mass is 315 g/mol. The number of nitrogens with two attached hydrogens (primary N) is 1. The van der Waals surface area contributed by atoms with Gasteiger partial charge in [0, 0.05) is 12.2 Å². The molecular weight excluding hydrogens is 296 g/mol. The summed E-state index contributed by atoms with van der Waals surface area (Å²) in [6.07, 6.45) is 3.73. The zero-order valence-electron chi connectivity index (χ0n) is 12.8. The first-order valence-corrected chi connectivity index (χ1v) is 7.74. The van der Waals surface area contributed by atoms with Gasteiger partial charge in [-0.25, -0.2) is 8.78 Å². The van der Waals surface area contributed by atoms with Crippen molar-refractivity contribution >= 4 is 11.6 Å². The summed E-state index contributed by atoms with van der Waals surface area (Å²) in [4.78, 5) is 4.17. The summed E-state index contributed by atoms with van der Waals surface area (Å²) in [5.74, 6) is -0.596. The molecule has 0 saturated carbocycles. The number of halogens is 2. The van der Waals surface area contributed by atoms with Gasteiger partial charge in [-0.3, -0.25) is 4.99 Å². The Morgan fingerprint density at radius 2 is 1.91 bits per heavy atom. The number of nitrogens with one attached hydrogen (secondary N) is 1. The van der Waals surface area contributed by atoms with Crippen LogP contribution in [0.4, 0.5) is 14.5 Å². The fourth-order valence-electron chi connectivity index (χ4n) is 2.87. The van der Waals surface area contributed by atoms with Crippen molar-refractivity contribution in [3.8, 4) is 0 Å². The van der Waals surface area contributed by atoms with E-state index < -0.39 is 11.6 Å². The molecule has 5 heteroatoms. The number of fused-ring (bicyclic) bond motifs is 1. The van der Waals surface area contributed by atoms with Crippen molar-refractivity contribution in [1.29, 1.82) is 0 Å². The van der Waals surface area contributed by atoms with Crippen molar-refractivity contribution in [2.75, 3.05) is 11.9 Å². The van der Waals surface area contributed by atoms with Crippen molar-refractivity contribution in [3.63, 3.8) is 0 Å². The van der Waals surface area contributed by atoms with Gasteiger partial charge in [-0.2, -0.15) is 0 Å². The maximum Gasteiger partial charge on any atom is 0.193 e. The average molecular weight is 315 g/mol. The lowest BCUT2D eigenvalue weighted by atomic mass is 10.1. The van der Waals surface area contributed by atoms with E-state index in [9.17, 15) is 8.78 Å². The van der Waals surface area contributed by atoms with E-state index in [1.807, 2.05) is 6.07 Å². The summed E-state index contributed by atoms with van der Waals surface area (Å²) < 4.78 is 26.6. The van der Waals surface area contributed by atoms with Crippen LogP contribution in [0.5, 0.6) is 0 Å². The van der Waals surface area contributed by atoms with Gasteiger partial charge < -0.3 is 11.1 Å². The standard InChI is InChI=1S/C18H19F2N3/c19-15-5-7-17(20)14(10-15)8-9-22-18(21)23-16-6-4-12-2-1-3-13(12)11-16/h4-7,10-11H,1-3,8-9H2,(H3,21,22,23). The molecule has 0 amide bonds. The molecule has 0 fully saturated rings. The molecule has 0 saturated heterocycles. The van der Waals surface area contributed by atoms with Crippen molar-refractivity contribution in [2.45, 2.75) is 25.7 Å². The third kappa shape index (κ3) is 3.86. The van der Waals surface area contributed by atoms with Gasteiger partial charge in [0.2, 0.25) is 0 Å². The molecule has 3 N–H and O–H groups in total. The van der Waals surface area contributed by atoms with Crippen LogP contribution in [0.25, 0.3) is 0 Å². The molecule has 3 nitrogen and oxygen atoms in total. The van der Waals surface area contributed by atoms with Crippen LogP contribution >= 0.6 is 0 Å². The van der Waals surface area contributed by atoms with E-state index in [2.05, 4.69) is 22.4 Å². The van der Waals surface area contributed by atoms with Gasteiger partial charge in [-0.15, -0.1) is 0 Å². The second kappa shape index (κ2) is 6.77. The van der Waals surface area contributed by atoms with Crippen LogP contribution in [0.3, 0.4) is 0 Å². The van der Waals surface area contributed by atoms with Crippen molar-refractivity contribution < 1.29 is 8.78 Å². The number of guanidine groups is 1. The summed E-state index contributed by atoms with van der Waals surface area (Å²) in [5, 5.41) is 3.04. The topological polar surface area (TPSA) is 50.4 Å². The molecule has 0 aliphatic heterocycles. The number of rotatable bonds is 4. The van der Waals surface area contributed by atoms with E-state index >= 15 is 0 Å². The third-order valence-corrected chi connectivity index (χ3v) is 4.04. The van der Waals surface area contributed by atoms with Crippen molar-refractivity contribution in [3.05, 3.63) is 64.7 Å². The number of nitrogens with zero attached hydrogens (tertiary/aromatic N) is 1. The fourth-order valence-corrected chi connectivity index (χ4v) is 2.87. The first kappa shape index (κ1) is 15.5. The number of hydrogen-bond donors (Lipinski definition) is 2. The molecule has 0 spiro atoms. The highest BCUT2D eigenvalue weighted by Gasteiger charge is 2.10. The normalized spacial score (nSPS) is 13.9. The Kier molecular flexibility index (Phi) is 4.55.